The normalized spacial score (nSPS) is 12.6. The van der Waals surface area contributed by atoms with Crippen LogP contribution in [0.5, 0.6) is 5.75 Å². The van der Waals surface area contributed by atoms with Gasteiger partial charge in [-0.05, 0) is 39.8 Å². The third kappa shape index (κ3) is 5.30. The number of carbonyl (C=O) groups excluding carboxylic acids is 1. The maximum absolute atomic E-state index is 12.0. The second kappa shape index (κ2) is 6.41. The van der Waals surface area contributed by atoms with Crippen LogP contribution in [-0.4, -0.2) is 28.6 Å². The molecule has 0 aliphatic carbocycles. The van der Waals surface area contributed by atoms with Gasteiger partial charge in [0, 0.05) is 5.54 Å². The zero-order valence-corrected chi connectivity index (χ0v) is 12.3. The van der Waals surface area contributed by atoms with E-state index >= 15 is 0 Å². The van der Waals surface area contributed by atoms with E-state index in [0.717, 1.165) is 5.56 Å². The Balaban J connectivity index is 2.58. The average molecular weight is 279 g/mol. The number of benzene rings is 1. The minimum Gasteiger partial charge on any atom is -0.481 e. The molecule has 1 amide bonds. The molecule has 0 saturated carbocycles. The van der Waals surface area contributed by atoms with Crippen LogP contribution >= 0.6 is 0 Å². The van der Waals surface area contributed by atoms with Gasteiger partial charge < -0.3 is 15.2 Å². The van der Waals surface area contributed by atoms with Gasteiger partial charge in [-0.3, -0.25) is 9.59 Å². The van der Waals surface area contributed by atoms with Gasteiger partial charge in [-0.1, -0.05) is 17.7 Å². The second-order valence-corrected chi connectivity index (χ2v) is 5.52. The van der Waals surface area contributed by atoms with Crippen molar-refractivity contribution in [2.45, 2.75) is 45.8 Å². The summed E-state index contributed by atoms with van der Waals surface area (Å²) < 4.78 is 5.52. The van der Waals surface area contributed by atoms with Gasteiger partial charge >= 0.3 is 5.97 Å². The monoisotopic (exact) mass is 279 g/mol. The largest absolute Gasteiger partial charge is 0.481 e. The van der Waals surface area contributed by atoms with Crippen LogP contribution in [0.2, 0.25) is 0 Å². The van der Waals surface area contributed by atoms with Gasteiger partial charge in [-0.2, -0.15) is 0 Å². The van der Waals surface area contributed by atoms with Gasteiger partial charge in [0.2, 0.25) is 0 Å². The number of carboxylic acids is 1. The molecule has 0 bridgehead atoms. The van der Waals surface area contributed by atoms with Crippen molar-refractivity contribution in [3.05, 3.63) is 29.8 Å². The van der Waals surface area contributed by atoms with Crippen molar-refractivity contribution in [1.82, 2.24) is 5.32 Å². The maximum Gasteiger partial charge on any atom is 0.305 e. The van der Waals surface area contributed by atoms with Crippen LogP contribution in [0.3, 0.4) is 0 Å². The molecule has 0 saturated heterocycles. The molecule has 110 valence electrons. The number of rotatable bonds is 6. The van der Waals surface area contributed by atoms with Gasteiger partial charge in [0.25, 0.3) is 5.91 Å². The highest BCUT2D eigenvalue weighted by Gasteiger charge is 2.26. The van der Waals surface area contributed by atoms with Crippen molar-refractivity contribution in [2.24, 2.45) is 0 Å². The maximum atomic E-state index is 12.0. The fourth-order valence-corrected chi connectivity index (χ4v) is 1.73. The first-order valence-electron chi connectivity index (χ1n) is 6.47. The van der Waals surface area contributed by atoms with Gasteiger partial charge in [0.1, 0.15) is 5.75 Å². The predicted octanol–water partition coefficient (Wildman–Crippen LogP) is 2.13. The van der Waals surface area contributed by atoms with Gasteiger partial charge in [-0.15, -0.1) is 0 Å². The first kappa shape index (κ1) is 16.0. The van der Waals surface area contributed by atoms with Crippen LogP contribution in [0.15, 0.2) is 24.3 Å². The molecule has 0 aromatic heterocycles. The van der Waals surface area contributed by atoms with Crippen LogP contribution in [0.4, 0.5) is 0 Å². The SMILES string of the molecule is Cc1ccc(OC(C)C(=O)NC(C)(C)CC(=O)O)cc1. The number of aryl methyl sites for hydroxylation is 1. The quantitative estimate of drug-likeness (QED) is 0.836. The highest BCUT2D eigenvalue weighted by atomic mass is 16.5. The van der Waals surface area contributed by atoms with Crippen LogP contribution in [0.25, 0.3) is 0 Å². The molecule has 5 nitrogen and oxygen atoms in total. The zero-order valence-electron chi connectivity index (χ0n) is 12.3. The highest BCUT2D eigenvalue weighted by molar-refractivity contribution is 5.82. The van der Waals surface area contributed by atoms with E-state index in [0.29, 0.717) is 5.75 Å². The summed E-state index contributed by atoms with van der Waals surface area (Å²) >= 11 is 0. The van der Waals surface area contributed by atoms with E-state index in [1.165, 1.54) is 0 Å². The number of hydrogen-bond acceptors (Lipinski definition) is 3. The Hall–Kier alpha value is -2.04. The van der Waals surface area contributed by atoms with Crippen molar-refractivity contribution in [2.75, 3.05) is 0 Å². The number of aliphatic carboxylic acids is 1. The molecule has 1 atom stereocenters. The summed E-state index contributed by atoms with van der Waals surface area (Å²) in [7, 11) is 0. The summed E-state index contributed by atoms with van der Waals surface area (Å²) in [5.74, 6) is -0.687. The molecule has 2 N–H and O–H groups in total. The van der Waals surface area contributed by atoms with E-state index in [1.54, 1.807) is 32.9 Å². The predicted molar refractivity (Wildman–Crippen MR) is 75.7 cm³/mol. The molecule has 0 spiro atoms. The molecule has 0 aliphatic rings. The van der Waals surface area contributed by atoms with Crippen LogP contribution in [0, 0.1) is 6.92 Å². The van der Waals surface area contributed by atoms with Crippen molar-refractivity contribution in [3.8, 4) is 5.75 Å². The Morgan fingerprint density at radius 2 is 1.85 bits per heavy atom. The third-order valence-electron chi connectivity index (χ3n) is 2.76. The molecule has 1 aromatic rings. The Bertz CT molecular complexity index is 479. The van der Waals surface area contributed by atoms with E-state index in [4.69, 9.17) is 9.84 Å². The second-order valence-electron chi connectivity index (χ2n) is 5.52. The zero-order chi connectivity index (χ0) is 15.3. The molecule has 5 heteroatoms. The lowest BCUT2D eigenvalue weighted by Gasteiger charge is -2.26. The van der Waals surface area contributed by atoms with E-state index in [-0.39, 0.29) is 12.3 Å². The fraction of sp³-hybridized carbons (Fsp3) is 0.467. The number of amides is 1. The minimum atomic E-state index is -0.956. The van der Waals surface area contributed by atoms with E-state index < -0.39 is 17.6 Å². The summed E-state index contributed by atoms with van der Waals surface area (Å²) in [4.78, 5) is 22.7. The summed E-state index contributed by atoms with van der Waals surface area (Å²) in [6, 6.07) is 7.38. The Labute approximate surface area is 118 Å². The van der Waals surface area contributed by atoms with Crippen LogP contribution in [0.1, 0.15) is 32.8 Å². The number of carbonyl (C=O) groups is 2. The molecule has 1 unspecified atom stereocenters. The Kier molecular flexibility index (Phi) is 5.13. The topological polar surface area (TPSA) is 75.6 Å². The standard InChI is InChI=1S/C15H21NO4/c1-10-5-7-12(8-6-10)20-11(2)14(19)16-15(3,4)9-13(17)18/h5-8,11H,9H2,1-4H3,(H,16,19)(H,17,18). The number of hydrogen-bond donors (Lipinski definition) is 2. The molecule has 20 heavy (non-hydrogen) atoms. The van der Waals surface area contributed by atoms with E-state index in [2.05, 4.69) is 5.32 Å². The van der Waals surface area contributed by atoms with E-state index in [9.17, 15) is 9.59 Å². The molecule has 0 fully saturated rings. The highest BCUT2D eigenvalue weighted by Crippen LogP contribution is 2.14. The van der Waals surface area contributed by atoms with Gasteiger partial charge in [0.15, 0.2) is 6.10 Å². The summed E-state index contributed by atoms with van der Waals surface area (Å²) in [5, 5.41) is 11.5. The number of carboxylic acid groups (broad SMARTS) is 1. The fourth-order valence-electron chi connectivity index (χ4n) is 1.73. The Morgan fingerprint density at radius 3 is 2.35 bits per heavy atom. The average Bonchev–Trinajstić information content (AvgIpc) is 2.29. The number of ether oxygens (including phenoxy) is 1. The van der Waals surface area contributed by atoms with Crippen molar-refractivity contribution >= 4 is 11.9 Å². The van der Waals surface area contributed by atoms with Gasteiger partial charge in [0.05, 0.1) is 6.42 Å². The third-order valence-corrected chi connectivity index (χ3v) is 2.76. The van der Waals surface area contributed by atoms with Crippen LogP contribution in [-0.2, 0) is 9.59 Å². The molecular weight excluding hydrogens is 258 g/mol. The lowest BCUT2D eigenvalue weighted by molar-refractivity contribution is -0.139. The molecule has 0 aliphatic heterocycles. The lowest BCUT2D eigenvalue weighted by atomic mass is 10.0. The minimum absolute atomic E-state index is 0.143. The lowest BCUT2D eigenvalue weighted by Crippen LogP contribution is -2.49. The summed E-state index contributed by atoms with van der Waals surface area (Å²) in [6.07, 6.45) is -0.832. The van der Waals surface area contributed by atoms with Crippen LogP contribution < -0.4 is 10.1 Å². The first-order valence-corrected chi connectivity index (χ1v) is 6.47. The first-order chi connectivity index (χ1) is 9.19. The number of nitrogens with one attached hydrogen (secondary N) is 1. The molecular formula is C15H21NO4. The Morgan fingerprint density at radius 1 is 1.30 bits per heavy atom. The van der Waals surface area contributed by atoms with Crippen molar-refractivity contribution < 1.29 is 19.4 Å². The molecule has 1 rings (SSSR count). The molecule has 0 heterocycles. The summed E-state index contributed by atoms with van der Waals surface area (Å²) in [5.41, 5.74) is 0.297. The molecule has 0 radical (unpaired) electrons. The smallest absolute Gasteiger partial charge is 0.305 e. The van der Waals surface area contributed by atoms with Crippen molar-refractivity contribution in [3.63, 3.8) is 0 Å². The van der Waals surface area contributed by atoms with Gasteiger partial charge in [-0.25, -0.2) is 0 Å². The summed E-state index contributed by atoms with van der Waals surface area (Å²) in [6.45, 7) is 6.93. The van der Waals surface area contributed by atoms with E-state index in [1.807, 2.05) is 19.1 Å². The molecule has 1 aromatic carbocycles. The van der Waals surface area contributed by atoms with Crippen molar-refractivity contribution in [1.29, 1.82) is 0 Å².